The van der Waals surface area contributed by atoms with Crippen LogP contribution in [0, 0.1) is 0 Å². The van der Waals surface area contributed by atoms with E-state index in [4.69, 9.17) is 9.47 Å². The quantitative estimate of drug-likeness (QED) is 0.759. The number of carbonyl (C=O) groups excluding carboxylic acids is 2. The third kappa shape index (κ3) is 4.16. The lowest BCUT2D eigenvalue weighted by Gasteiger charge is -2.37. The lowest BCUT2D eigenvalue weighted by atomic mass is 9.91. The Morgan fingerprint density at radius 3 is 2.19 bits per heavy atom. The maximum atomic E-state index is 12.7. The second kappa shape index (κ2) is 8.32. The monoisotopic (exact) mass is 421 g/mol. The van der Waals surface area contributed by atoms with Gasteiger partial charge in [-0.15, -0.1) is 0 Å². The second-order valence-corrected chi connectivity index (χ2v) is 8.51. The van der Waals surface area contributed by atoms with Gasteiger partial charge in [0.2, 0.25) is 0 Å². The van der Waals surface area contributed by atoms with E-state index in [2.05, 4.69) is 29.2 Å². The minimum Gasteiger partial charge on any atom is -0.441 e. The van der Waals surface area contributed by atoms with Gasteiger partial charge < -0.3 is 14.4 Å². The van der Waals surface area contributed by atoms with Crippen LogP contribution in [0.1, 0.15) is 18.4 Å². The minimum atomic E-state index is -0.414. The van der Waals surface area contributed by atoms with E-state index in [-0.39, 0.29) is 18.6 Å². The molecule has 2 aromatic rings. The summed E-state index contributed by atoms with van der Waals surface area (Å²) in [6.45, 7) is 4.52. The van der Waals surface area contributed by atoms with Crippen LogP contribution in [0.15, 0.2) is 54.6 Å². The number of benzene rings is 2. The zero-order valence-electron chi connectivity index (χ0n) is 17.5. The molecule has 0 unspecified atom stereocenters. The Morgan fingerprint density at radius 1 is 0.839 bits per heavy atom. The lowest BCUT2D eigenvalue weighted by molar-refractivity contribution is -0.125. The molecule has 0 aliphatic carbocycles. The fourth-order valence-electron chi connectivity index (χ4n) is 4.65. The van der Waals surface area contributed by atoms with Crippen LogP contribution in [-0.2, 0) is 20.8 Å². The summed E-state index contributed by atoms with van der Waals surface area (Å²) in [5.74, 6) is -0.0409. The van der Waals surface area contributed by atoms with Crippen LogP contribution in [0.4, 0.5) is 16.2 Å². The van der Waals surface area contributed by atoms with E-state index in [9.17, 15) is 9.59 Å². The Labute approximate surface area is 182 Å². The molecule has 7 nitrogen and oxygen atoms in total. The van der Waals surface area contributed by atoms with Crippen molar-refractivity contribution >= 4 is 23.4 Å². The van der Waals surface area contributed by atoms with Crippen LogP contribution >= 0.6 is 0 Å². The van der Waals surface area contributed by atoms with Crippen molar-refractivity contribution in [1.82, 2.24) is 4.90 Å². The summed E-state index contributed by atoms with van der Waals surface area (Å²) in [7, 11) is 0. The Morgan fingerprint density at radius 2 is 1.52 bits per heavy atom. The van der Waals surface area contributed by atoms with Crippen LogP contribution in [0.5, 0.6) is 0 Å². The number of piperidine rings is 1. The largest absolute Gasteiger partial charge is 0.441 e. The number of morpholine rings is 1. The smallest absolute Gasteiger partial charge is 0.415 e. The molecule has 0 radical (unpaired) electrons. The molecule has 3 aliphatic heterocycles. The van der Waals surface area contributed by atoms with Gasteiger partial charge in [0.05, 0.1) is 13.2 Å². The summed E-state index contributed by atoms with van der Waals surface area (Å²) in [6, 6.07) is 18.0. The minimum absolute atomic E-state index is 0.0409. The fourth-order valence-corrected chi connectivity index (χ4v) is 4.65. The Hall–Kier alpha value is -2.90. The highest BCUT2D eigenvalue weighted by molar-refractivity contribution is 5.95. The molecule has 0 saturated carbocycles. The van der Waals surface area contributed by atoms with Gasteiger partial charge in [0.25, 0.3) is 5.91 Å². The average molecular weight is 421 g/mol. The molecule has 3 saturated heterocycles. The molecule has 0 aromatic heterocycles. The molecule has 31 heavy (non-hydrogen) atoms. The molecule has 2 amide bonds. The summed E-state index contributed by atoms with van der Waals surface area (Å²) < 4.78 is 11.1. The van der Waals surface area contributed by atoms with E-state index in [1.165, 1.54) is 5.56 Å². The number of hydrogen-bond donors (Lipinski definition) is 0. The van der Waals surface area contributed by atoms with Gasteiger partial charge in [-0.25, -0.2) is 4.79 Å². The van der Waals surface area contributed by atoms with Gasteiger partial charge in [-0.2, -0.15) is 0 Å². The molecule has 3 aliphatic rings. The lowest BCUT2D eigenvalue weighted by Crippen LogP contribution is -2.46. The highest BCUT2D eigenvalue weighted by Crippen LogP contribution is 2.36. The van der Waals surface area contributed by atoms with Crippen molar-refractivity contribution in [3.63, 3.8) is 0 Å². The van der Waals surface area contributed by atoms with Crippen LogP contribution in [0.3, 0.4) is 0 Å². The summed E-state index contributed by atoms with van der Waals surface area (Å²) in [5, 5.41) is 0. The Balaban J connectivity index is 1.22. The number of amides is 2. The highest BCUT2D eigenvalue weighted by Gasteiger charge is 2.47. The van der Waals surface area contributed by atoms with E-state index < -0.39 is 5.60 Å². The zero-order chi connectivity index (χ0) is 21.3. The summed E-state index contributed by atoms with van der Waals surface area (Å²) in [4.78, 5) is 30.6. The molecule has 0 N–H and O–H groups in total. The Bertz CT molecular complexity index is 939. The molecular weight excluding hydrogens is 394 g/mol. The normalized spacial score (nSPS) is 21.5. The van der Waals surface area contributed by atoms with Gasteiger partial charge in [-0.3, -0.25) is 14.6 Å². The van der Waals surface area contributed by atoms with Crippen molar-refractivity contribution in [2.45, 2.75) is 25.0 Å². The fraction of sp³-hybridized carbons (Fsp3) is 0.417. The van der Waals surface area contributed by atoms with Crippen molar-refractivity contribution < 1.29 is 19.1 Å². The maximum Gasteiger partial charge on any atom is 0.415 e. The number of carbonyl (C=O) groups is 2. The number of nitrogens with zero attached hydrogens (tertiary/aromatic N) is 3. The van der Waals surface area contributed by atoms with Gasteiger partial charge >= 0.3 is 6.09 Å². The number of hydrogen-bond acceptors (Lipinski definition) is 5. The maximum absolute atomic E-state index is 12.7. The van der Waals surface area contributed by atoms with Crippen molar-refractivity contribution in [3.8, 4) is 0 Å². The first-order chi connectivity index (χ1) is 15.1. The third-order valence-corrected chi connectivity index (χ3v) is 6.45. The number of rotatable bonds is 4. The third-order valence-electron chi connectivity index (χ3n) is 6.45. The number of ether oxygens (including phenoxy) is 2. The van der Waals surface area contributed by atoms with Crippen molar-refractivity contribution in [2.24, 2.45) is 0 Å². The summed E-state index contributed by atoms with van der Waals surface area (Å²) >= 11 is 0. The Kier molecular flexibility index (Phi) is 5.38. The zero-order valence-corrected chi connectivity index (χ0v) is 17.5. The van der Waals surface area contributed by atoms with Gasteiger partial charge in [0, 0.05) is 50.4 Å². The summed E-state index contributed by atoms with van der Waals surface area (Å²) in [5.41, 5.74) is 2.53. The van der Waals surface area contributed by atoms with E-state index >= 15 is 0 Å². The molecule has 1 spiro atoms. The van der Waals surface area contributed by atoms with Crippen molar-refractivity contribution in [1.29, 1.82) is 0 Å². The standard InChI is InChI=1S/C24H27N3O4/c28-22-17-30-15-14-26(22)20-6-8-21(9-7-20)27-18-24(31-23(27)29)10-12-25(13-11-24)16-19-4-2-1-3-5-19/h1-9H,10-18H2. The summed E-state index contributed by atoms with van der Waals surface area (Å²) in [6.07, 6.45) is 1.39. The predicted molar refractivity (Wildman–Crippen MR) is 117 cm³/mol. The van der Waals surface area contributed by atoms with Gasteiger partial charge in [0.15, 0.2) is 0 Å². The first kappa shape index (κ1) is 20.0. The van der Waals surface area contributed by atoms with Crippen LogP contribution in [-0.4, -0.2) is 61.9 Å². The van der Waals surface area contributed by atoms with Gasteiger partial charge in [-0.05, 0) is 29.8 Å². The average Bonchev–Trinajstić information content (AvgIpc) is 3.12. The molecular formula is C24H27N3O4. The molecule has 3 heterocycles. The predicted octanol–water partition coefficient (Wildman–Crippen LogP) is 3.04. The SMILES string of the molecule is O=C1COCCN1c1ccc(N2CC3(CCN(Cc4ccccc4)CC3)OC2=O)cc1. The number of anilines is 2. The molecule has 0 bridgehead atoms. The van der Waals surface area contributed by atoms with E-state index in [0.29, 0.717) is 19.7 Å². The van der Waals surface area contributed by atoms with Gasteiger partial charge in [-0.1, -0.05) is 30.3 Å². The second-order valence-electron chi connectivity index (χ2n) is 8.51. The molecule has 5 rings (SSSR count). The molecule has 162 valence electrons. The van der Waals surface area contributed by atoms with Gasteiger partial charge in [0.1, 0.15) is 12.2 Å². The number of likely N-dealkylation sites (tertiary alicyclic amines) is 1. The molecule has 3 fully saturated rings. The van der Waals surface area contributed by atoms with Crippen molar-refractivity contribution in [3.05, 3.63) is 60.2 Å². The van der Waals surface area contributed by atoms with E-state index in [1.807, 2.05) is 30.3 Å². The van der Waals surface area contributed by atoms with Crippen LogP contribution in [0.2, 0.25) is 0 Å². The molecule has 0 atom stereocenters. The van der Waals surface area contributed by atoms with Crippen LogP contribution in [0.25, 0.3) is 0 Å². The first-order valence-corrected chi connectivity index (χ1v) is 10.9. The first-order valence-electron chi connectivity index (χ1n) is 10.9. The topological polar surface area (TPSA) is 62.3 Å². The molecule has 7 heteroatoms. The van der Waals surface area contributed by atoms with E-state index in [1.54, 1.807) is 9.80 Å². The highest BCUT2D eigenvalue weighted by atomic mass is 16.6. The van der Waals surface area contributed by atoms with Crippen molar-refractivity contribution in [2.75, 3.05) is 49.2 Å². The van der Waals surface area contributed by atoms with Crippen LogP contribution < -0.4 is 9.80 Å². The van der Waals surface area contributed by atoms with E-state index in [0.717, 1.165) is 43.9 Å². The molecule has 2 aromatic carbocycles.